The standard InChI is InChI=1S/C17H22O3/c1-12-7-8-14(19-4)13(11-12)16(2)9-6-10-17(16,3)15(18)20-5/h6-9,11H,10H2,1-5H3/t16-,17?/m0/s1. The van der Waals surface area contributed by atoms with E-state index in [0.717, 1.165) is 16.9 Å². The number of carbonyl (C=O) groups is 1. The van der Waals surface area contributed by atoms with Crippen LogP contribution in [-0.4, -0.2) is 20.2 Å². The topological polar surface area (TPSA) is 35.5 Å². The van der Waals surface area contributed by atoms with E-state index >= 15 is 0 Å². The molecule has 0 amide bonds. The second-order valence-corrected chi connectivity index (χ2v) is 5.84. The average molecular weight is 274 g/mol. The van der Waals surface area contributed by atoms with Gasteiger partial charge in [-0.3, -0.25) is 4.79 Å². The molecular weight excluding hydrogens is 252 g/mol. The molecule has 1 unspecified atom stereocenters. The van der Waals surface area contributed by atoms with Crippen molar-refractivity contribution in [1.82, 2.24) is 0 Å². The molecule has 2 atom stereocenters. The Morgan fingerprint density at radius 2 is 1.95 bits per heavy atom. The molecule has 0 spiro atoms. The van der Waals surface area contributed by atoms with Crippen molar-refractivity contribution in [2.24, 2.45) is 5.41 Å². The van der Waals surface area contributed by atoms with Crippen LogP contribution in [0, 0.1) is 12.3 Å². The number of allylic oxidation sites excluding steroid dienone is 2. The molecule has 0 aromatic heterocycles. The molecule has 0 bridgehead atoms. The van der Waals surface area contributed by atoms with E-state index in [1.54, 1.807) is 7.11 Å². The SMILES string of the molecule is COC(=O)C1(C)CC=C[C@@]1(C)c1cc(C)ccc1OC. The van der Waals surface area contributed by atoms with Crippen molar-refractivity contribution in [3.05, 3.63) is 41.5 Å². The van der Waals surface area contributed by atoms with Crippen LogP contribution in [0.4, 0.5) is 0 Å². The number of benzene rings is 1. The third-order valence-corrected chi connectivity index (χ3v) is 4.67. The molecule has 3 nitrogen and oxygen atoms in total. The third-order valence-electron chi connectivity index (χ3n) is 4.67. The summed E-state index contributed by atoms with van der Waals surface area (Å²) in [6.45, 7) is 6.08. The third kappa shape index (κ3) is 1.92. The van der Waals surface area contributed by atoms with Crippen molar-refractivity contribution in [2.45, 2.75) is 32.6 Å². The molecule has 3 heteroatoms. The Morgan fingerprint density at radius 3 is 2.55 bits per heavy atom. The Bertz CT molecular complexity index is 561. The summed E-state index contributed by atoms with van der Waals surface area (Å²) in [5.74, 6) is 0.619. The van der Waals surface area contributed by atoms with E-state index in [2.05, 4.69) is 25.1 Å². The highest BCUT2D eigenvalue weighted by atomic mass is 16.5. The zero-order valence-corrected chi connectivity index (χ0v) is 12.8. The first kappa shape index (κ1) is 14.6. The van der Waals surface area contributed by atoms with Gasteiger partial charge in [-0.1, -0.05) is 36.8 Å². The van der Waals surface area contributed by atoms with Crippen molar-refractivity contribution in [3.63, 3.8) is 0 Å². The molecule has 0 fully saturated rings. The molecular formula is C17H22O3. The number of hydrogen-bond donors (Lipinski definition) is 0. The Hall–Kier alpha value is -1.77. The van der Waals surface area contributed by atoms with Gasteiger partial charge in [-0.15, -0.1) is 0 Å². The van der Waals surface area contributed by atoms with E-state index < -0.39 is 10.8 Å². The van der Waals surface area contributed by atoms with Gasteiger partial charge in [-0.2, -0.15) is 0 Å². The van der Waals surface area contributed by atoms with Gasteiger partial charge in [-0.05, 0) is 26.3 Å². The Labute approximate surface area is 120 Å². The second-order valence-electron chi connectivity index (χ2n) is 5.84. The fraction of sp³-hybridized carbons (Fsp3) is 0.471. The van der Waals surface area contributed by atoms with Gasteiger partial charge < -0.3 is 9.47 Å². The number of ether oxygens (including phenoxy) is 2. The van der Waals surface area contributed by atoms with Gasteiger partial charge in [0, 0.05) is 11.0 Å². The highest BCUT2D eigenvalue weighted by Gasteiger charge is 2.53. The van der Waals surface area contributed by atoms with Crippen LogP contribution < -0.4 is 4.74 Å². The minimum Gasteiger partial charge on any atom is -0.496 e. The van der Waals surface area contributed by atoms with Gasteiger partial charge in [0.1, 0.15) is 5.75 Å². The van der Waals surface area contributed by atoms with E-state index in [1.165, 1.54) is 7.11 Å². The largest absolute Gasteiger partial charge is 0.496 e. The summed E-state index contributed by atoms with van der Waals surface area (Å²) in [4.78, 5) is 12.3. The molecule has 1 aromatic carbocycles. The average Bonchev–Trinajstić information content (AvgIpc) is 2.76. The first-order valence-electron chi connectivity index (χ1n) is 6.80. The summed E-state index contributed by atoms with van der Waals surface area (Å²) in [5.41, 5.74) is 1.14. The summed E-state index contributed by atoms with van der Waals surface area (Å²) < 4.78 is 10.5. The minimum absolute atomic E-state index is 0.187. The maximum absolute atomic E-state index is 12.3. The van der Waals surface area contributed by atoms with Crippen LogP contribution >= 0.6 is 0 Å². The predicted octanol–water partition coefficient (Wildman–Crippen LogP) is 3.40. The molecule has 1 aliphatic carbocycles. The van der Waals surface area contributed by atoms with Gasteiger partial charge in [0.05, 0.1) is 19.6 Å². The fourth-order valence-corrected chi connectivity index (χ4v) is 3.06. The first-order chi connectivity index (χ1) is 9.39. The summed E-state index contributed by atoms with van der Waals surface area (Å²) in [7, 11) is 3.10. The zero-order chi connectivity index (χ0) is 15.0. The Kier molecular flexibility index (Phi) is 3.63. The van der Waals surface area contributed by atoms with E-state index in [4.69, 9.17) is 9.47 Å². The van der Waals surface area contributed by atoms with Crippen LogP contribution in [0.1, 0.15) is 31.4 Å². The predicted molar refractivity (Wildman–Crippen MR) is 79.0 cm³/mol. The van der Waals surface area contributed by atoms with Gasteiger partial charge in [0.15, 0.2) is 0 Å². The molecule has 0 saturated carbocycles. The molecule has 0 N–H and O–H groups in total. The summed E-state index contributed by atoms with van der Waals surface area (Å²) in [6, 6.07) is 6.06. The van der Waals surface area contributed by atoms with E-state index in [-0.39, 0.29) is 5.97 Å². The number of methoxy groups -OCH3 is 2. The van der Waals surface area contributed by atoms with Crippen molar-refractivity contribution in [1.29, 1.82) is 0 Å². The van der Waals surface area contributed by atoms with Crippen LogP contribution in [0.3, 0.4) is 0 Å². The molecule has 0 heterocycles. The molecule has 0 saturated heterocycles. The molecule has 0 radical (unpaired) electrons. The van der Waals surface area contributed by atoms with Crippen molar-refractivity contribution < 1.29 is 14.3 Å². The van der Waals surface area contributed by atoms with Crippen molar-refractivity contribution in [3.8, 4) is 5.75 Å². The van der Waals surface area contributed by atoms with Crippen molar-refractivity contribution in [2.75, 3.05) is 14.2 Å². The fourth-order valence-electron chi connectivity index (χ4n) is 3.06. The number of hydrogen-bond acceptors (Lipinski definition) is 3. The lowest BCUT2D eigenvalue weighted by Crippen LogP contribution is -2.44. The summed E-state index contributed by atoms with van der Waals surface area (Å²) in [6.07, 6.45) is 4.83. The van der Waals surface area contributed by atoms with Crippen LogP contribution in [0.25, 0.3) is 0 Å². The van der Waals surface area contributed by atoms with E-state index in [0.29, 0.717) is 6.42 Å². The summed E-state index contributed by atoms with van der Waals surface area (Å²) >= 11 is 0. The number of rotatable bonds is 3. The van der Waals surface area contributed by atoms with Crippen LogP contribution in [-0.2, 0) is 14.9 Å². The van der Waals surface area contributed by atoms with E-state index in [1.807, 2.05) is 26.0 Å². The second kappa shape index (κ2) is 4.97. The van der Waals surface area contributed by atoms with Gasteiger partial charge >= 0.3 is 5.97 Å². The monoisotopic (exact) mass is 274 g/mol. The molecule has 1 aromatic rings. The van der Waals surface area contributed by atoms with Crippen LogP contribution in [0.5, 0.6) is 5.75 Å². The summed E-state index contributed by atoms with van der Waals surface area (Å²) in [5, 5.41) is 0. The smallest absolute Gasteiger partial charge is 0.313 e. The normalized spacial score (nSPS) is 28.4. The van der Waals surface area contributed by atoms with Gasteiger partial charge in [0.2, 0.25) is 0 Å². The Balaban J connectivity index is 2.62. The molecule has 108 valence electrons. The lowest BCUT2D eigenvalue weighted by molar-refractivity contribution is -0.154. The van der Waals surface area contributed by atoms with Crippen LogP contribution in [0.15, 0.2) is 30.4 Å². The number of aryl methyl sites for hydroxylation is 1. The lowest BCUT2D eigenvalue weighted by atomic mass is 9.63. The highest BCUT2D eigenvalue weighted by Crippen LogP contribution is 2.53. The zero-order valence-electron chi connectivity index (χ0n) is 12.8. The highest BCUT2D eigenvalue weighted by molar-refractivity contribution is 5.81. The van der Waals surface area contributed by atoms with Crippen molar-refractivity contribution >= 4 is 5.97 Å². The number of esters is 1. The molecule has 0 aliphatic heterocycles. The number of carbonyl (C=O) groups excluding carboxylic acids is 1. The molecule has 2 rings (SSSR count). The Morgan fingerprint density at radius 1 is 1.25 bits per heavy atom. The van der Waals surface area contributed by atoms with Gasteiger partial charge in [-0.25, -0.2) is 0 Å². The van der Waals surface area contributed by atoms with Crippen LogP contribution in [0.2, 0.25) is 0 Å². The quantitative estimate of drug-likeness (QED) is 0.626. The van der Waals surface area contributed by atoms with E-state index in [9.17, 15) is 4.79 Å². The maximum atomic E-state index is 12.3. The minimum atomic E-state index is -0.608. The molecule has 20 heavy (non-hydrogen) atoms. The van der Waals surface area contributed by atoms with Gasteiger partial charge in [0.25, 0.3) is 0 Å². The first-order valence-corrected chi connectivity index (χ1v) is 6.80. The molecule has 1 aliphatic rings. The maximum Gasteiger partial charge on any atom is 0.313 e. The lowest BCUT2D eigenvalue weighted by Gasteiger charge is -2.39.